The zero-order valence-corrected chi connectivity index (χ0v) is 17.2. The van der Waals surface area contributed by atoms with Gasteiger partial charge in [0.05, 0.1) is 12.2 Å². The summed E-state index contributed by atoms with van der Waals surface area (Å²) in [6, 6.07) is 0. The Morgan fingerprint density at radius 1 is 1.19 bits per heavy atom. The standard InChI is InChI=1S/C22H36O4/c1-20(2)10-6-11-21(3)17(20)9-12-22(15-26-22)18(21)8-7-16(14-23)13-19(24-4)25-5/h7,14,17-19H,6,8-13,15H2,1-5H3/b16-7-/t17-,18+,21-,22+/m0/s1. The Balaban J connectivity index is 1.81. The molecular weight excluding hydrogens is 328 g/mol. The molecule has 3 aliphatic rings. The third-order valence-corrected chi connectivity index (χ3v) is 7.77. The summed E-state index contributed by atoms with van der Waals surface area (Å²) in [5, 5.41) is 0. The van der Waals surface area contributed by atoms with Gasteiger partial charge in [0.25, 0.3) is 0 Å². The van der Waals surface area contributed by atoms with Gasteiger partial charge in [0, 0.05) is 20.6 Å². The number of carbonyl (C=O) groups excluding carboxylic acids is 1. The van der Waals surface area contributed by atoms with Crippen molar-refractivity contribution in [3.63, 3.8) is 0 Å². The van der Waals surface area contributed by atoms with Crippen LogP contribution in [0.5, 0.6) is 0 Å². The maximum Gasteiger partial charge on any atom is 0.160 e. The van der Waals surface area contributed by atoms with Gasteiger partial charge >= 0.3 is 0 Å². The zero-order valence-electron chi connectivity index (χ0n) is 17.2. The smallest absolute Gasteiger partial charge is 0.160 e. The van der Waals surface area contributed by atoms with E-state index in [9.17, 15) is 4.79 Å². The number of hydrogen-bond donors (Lipinski definition) is 0. The van der Waals surface area contributed by atoms with Gasteiger partial charge in [-0.1, -0.05) is 33.3 Å². The molecule has 4 atom stereocenters. The summed E-state index contributed by atoms with van der Waals surface area (Å²) in [7, 11) is 3.22. The minimum absolute atomic E-state index is 0.0606. The van der Waals surface area contributed by atoms with Crippen LogP contribution in [0.4, 0.5) is 0 Å². The summed E-state index contributed by atoms with van der Waals surface area (Å²) in [6.45, 7) is 8.29. The van der Waals surface area contributed by atoms with Gasteiger partial charge in [-0.25, -0.2) is 0 Å². The molecule has 0 aromatic rings. The van der Waals surface area contributed by atoms with Crippen LogP contribution >= 0.6 is 0 Å². The molecular formula is C22H36O4. The molecule has 0 bridgehead atoms. The van der Waals surface area contributed by atoms with Crippen molar-refractivity contribution in [2.45, 2.75) is 77.6 Å². The SMILES string of the molecule is COC(C/C(C=O)=C/C[C@H]1[C@@]2(CC[C@H]3C(C)(C)CCC[C@@]31C)CO2)OC. The second-order valence-electron chi connectivity index (χ2n) is 9.58. The molecule has 2 saturated carbocycles. The fourth-order valence-corrected chi connectivity index (χ4v) is 6.29. The van der Waals surface area contributed by atoms with Crippen molar-refractivity contribution in [3.05, 3.63) is 11.6 Å². The molecule has 148 valence electrons. The Labute approximate surface area is 158 Å². The molecule has 0 aromatic heterocycles. The first-order valence-electron chi connectivity index (χ1n) is 10.1. The number of ether oxygens (including phenoxy) is 3. The predicted octanol–water partition coefficient (Wildman–Crippen LogP) is 4.52. The van der Waals surface area contributed by atoms with E-state index in [0.29, 0.717) is 23.2 Å². The molecule has 0 radical (unpaired) electrons. The van der Waals surface area contributed by atoms with Crippen molar-refractivity contribution in [2.75, 3.05) is 20.8 Å². The third-order valence-electron chi connectivity index (χ3n) is 7.77. The van der Waals surface area contributed by atoms with Gasteiger partial charge in [0.15, 0.2) is 6.29 Å². The Kier molecular flexibility index (Phi) is 5.68. The van der Waals surface area contributed by atoms with Gasteiger partial charge in [0.1, 0.15) is 6.29 Å². The topological polar surface area (TPSA) is 48.1 Å². The highest BCUT2D eigenvalue weighted by atomic mass is 16.7. The minimum Gasteiger partial charge on any atom is -0.369 e. The monoisotopic (exact) mass is 364 g/mol. The molecule has 3 rings (SSSR count). The summed E-state index contributed by atoms with van der Waals surface area (Å²) in [4.78, 5) is 11.6. The predicted molar refractivity (Wildman–Crippen MR) is 102 cm³/mol. The van der Waals surface area contributed by atoms with E-state index in [2.05, 4.69) is 26.8 Å². The highest BCUT2D eigenvalue weighted by molar-refractivity contribution is 5.73. The maximum atomic E-state index is 11.6. The fraction of sp³-hybridized carbons (Fsp3) is 0.864. The normalized spacial score (nSPS) is 39.1. The Morgan fingerprint density at radius 3 is 2.46 bits per heavy atom. The summed E-state index contributed by atoms with van der Waals surface area (Å²) in [5.74, 6) is 1.23. The lowest BCUT2D eigenvalue weighted by Crippen LogP contribution is -2.54. The lowest BCUT2D eigenvalue weighted by atomic mass is 9.46. The van der Waals surface area contributed by atoms with Crippen LogP contribution in [0.2, 0.25) is 0 Å². The molecule has 0 aromatic carbocycles. The van der Waals surface area contributed by atoms with Crippen LogP contribution in [0, 0.1) is 22.7 Å². The summed E-state index contributed by atoms with van der Waals surface area (Å²) >= 11 is 0. The van der Waals surface area contributed by atoms with Crippen molar-refractivity contribution in [1.82, 2.24) is 0 Å². The first kappa shape index (κ1) is 20.0. The van der Waals surface area contributed by atoms with Crippen LogP contribution in [0.25, 0.3) is 0 Å². The van der Waals surface area contributed by atoms with Gasteiger partial charge in [-0.15, -0.1) is 0 Å². The van der Waals surface area contributed by atoms with Crippen LogP contribution in [0.3, 0.4) is 0 Å². The molecule has 3 fully saturated rings. The number of epoxide rings is 1. The molecule has 26 heavy (non-hydrogen) atoms. The Bertz CT molecular complexity index is 544. The summed E-state index contributed by atoms with van der Waals surface area (Å²) < 4.78 is 16.6. The molecule has 4 nitrogen and oxygen atoms in total. The summed E-state index contributed by atoms with van der Waals surface area (Å²) in [6.07, 6.45) is 10.5. The van der Waals surface area contributed by atoms with E-state index >= 15 is 0 Å². The van der Waals surface area contributed by atoms with Crippen molar-refractivity contribution < 1.29 is 19.0 Å². The molecule has 4 heteroatoms. The van der Waals surface area contributed by atoms with Gasteiger partial charge in [0.2, 0.25) is 0 Å². The van der Waals surface area contributed by atoms with E-state index in [0.717, 1.165) is 30.8 Å². The lowest BCUT2D eigenvalue weighted by molar-refractivity contribution is -0.112. The third kappa shape index (κ3) is 3.53. The minimum atomic E-state index is -0.360. The van der Waals surface area contributed by atoms with E-state index in [4.69, 9.17) is 14.2 Å². The van der Waals surface area contributed by atoms with Crippen LogP contribution in [-0.2, 0) is 19.0 Å². The zero-order chi connectivity index (χ0) is 19.0. The first-order valence-corrected chi connectivity index (χ1v) is 10.1. The molecule has 1 saturated heterocycles. The van der Waals surface area contributed by atoms with E-state index in [1.54, 1.807) is 14.2 Å². The van der Waals surface area contributed by atoms with E-state index in [-0.39, 0.29) is 11.9 Å². The molecule has 0 unspecified atom stereocenters. The van der Waals surface area contributed by atoms with Crippen LogP contribution < -0.4 is 0 Å². The molecule has 1 aliphatic heterocycles. The van der Waals surface area contributed by atoms with Crippen LogP contribution in [0.1, 0.15) is 65.7 Å². The molecule has 0 amide bonds. The Hall–Kier alpha value is -0.710. The average Bonchev–Trinajstić information content (AvgIpc) is 3.36. The quantitative estimate of drug-likeness (QED) is 0.288. The van der Waals surface area contributed by atoms with Crippen molar-refractivity contribution >= 4 is 6.29 Å². The van der Waals surface area contributed by atoms with Crippen molar-refractivity contribution in [3.8, 4) is 0 Å². The Morgan fingerprint density at radius 2 is 1.88 bits per heavy atom. The summed E-state index contributed by atoms with van der Waals surface area (Å²) in [5.41, 5.74) is 1.53. The molecule has 1 heterocycles. The van der Waals surface area contributed by atoms with Gasteiger partial charge in [-0.05, 0) is 60.3 Å². The second kappa shape index (κ2) is 7.37. The number of methoxy groups -OCH3 is 2. The van der Waals surface area contributed by atoms with Crippen molar-refractivity contribution in [1.29, 1.82) is 0 Å². The number of fused-ring (bicyclic) bond motifs is 1. The number of allylic oxidation sites excluding steroid dienone is 1. The van der Waals surface area contributed by atoms with Crippen molar-refractivity contribution in [2.24, 2.45) is 22.7 Å². The van der Waals surface area contributed by atoms with Gasteiger partial charge < -0.3 is 14.2 Å². The number of carbonyl (C=O) groups is 1. The van der Waals surface area contributed by atoms with Crippen LogP contribution in [-0.4, -0.2) is 39.0 Å². The van der Waals surface area contributed by atoms with E-state index in [1.807, 2.05) is 0 Å². The average molecular weight is 365 g/mol. The fourth-order valence-electron chi connectivity index (χ4n) is 6.29. The maximum absolute atomic E-state index is 11.6. The molecule has 1 spiro atoms. The first-order chi connectivity index (χ1) is 12.3. The van der Waals surface area contributed by atoms with E-state index in [1.165, 1.54) is 32.1 Å². The van der Waals surface area contributed by atoms with Gasteiger partial charge in [-0.3, -0.25) is 4.79 Å². The largest absolute Gasteiger partial charge is 0.369 e. The molecule has 2 aliphatic carbocycles. The number of rotatable bonds is 7. The number of hydrogen-bond acceptors (Lipinski definition) is 4. The highest BCUT2D eigenvalue weighted by Crippen LogP contribution is 2.66. The van der Waals surface area contributed by atoms with Gasteiger partial charge in [-0.2, -0.15) is 0 Å². The lowest BCUT2D eigenvalue weighted by Gasteiger charge is -2.59. The van der Waals surface area contributed by atoms with Crippen LogP contribution in [0.15, 0.2) is 11.6 Å². The second-order valence-corrected chi connectivity index (χ2v) is 9.58. The number of aldehydes is 1. The molecule has 0 N–H and O–H groups in total. The highest BCUT2D eigenvalue weighted by Gasteiger charge is 2.64. The van der Waals surface area contributed by atoms with E-state index < -0.39 is 0 Å².